The number of aliphatic hydroxyl groups excluding tert-OH is 1. The highest BCUT2D eigenvalue weighted by molar-refractivity contribution is 5.85. The standard InChI is InChI=1S/C13H23NO4/c1-13(2,6-7-15)8-14-11(16)9-4-3-5-10(9)12(17)18/h9-10,15H,3-8H2,1-2H3,(H,14,16)(H,17,18). The van der Waals surface area contributed by atoms with Gasteiger partial charge < -0.3 is 15.5 Å². The lowest BCUT2D eigenvalue weighted by atomic mass is 9.89. The second-order valence-electron chi connectivity index (χ2n) is 5.84. The van der Waals surface area contributed by atoms with Crippen LogP contribution in [0.4, 0.5) is 0 Å². The fourth-order valence-electron chi connectivity index (χ4n) is 2.42. The van der Waals surface area contributed by atoms with Crippen LogP contribution in [-0.2, 0) is 9.59 Å². The van der Waals surface area contributed by atoms with Crippen molar-refractivity contribution in [2.45, 2.75) is 39.5 Å². The Balaban J connectivity index is 2.48. The van der Waals surface area contributed by atoms with Crippen LogP contribution >= 0.6 is 0 Å². The van der Waals surface area contributed by atoms with Gasteiger partial charge in [0.2, 0.25) is 5.91 Å². The summed E-state index contributed by atoms with van der Waals surface area (Å²) in [5.41, 5.74) is -0.165. The van der Waals surface area contributed by atoms with Gasteiger partial charge in [0.15, 0.2) is 0 Å². The van der Waals surface area contributed by atoms with Crippen molar-refractivity contribution < 1.29 is 19.8 Å². The fraction of sp³-hybridized carbons (Fsp3) is 0.846. The number of nitrogens with one attached hydrogen (secondary N) is 1. The van der Waals surface area contributed by atoms with Gasteiger partial charge in [0, 0.05) is 13.2 Å². The molecule has 0 aliphatic heterocycles. The highest BCUT2D eigenvalue weighted by Gasteiger charge is 2.37. The third-order valence-corrected chi connectivity index (χ3v) is 3.70. The Hall–Kier alpha value is -1.10. The molecule has 0 bridgehead atoms. The molecule has 0 saturated heterocycles. The summed E-state index contributed by atoms with van der Waals surface area (Å²) < 4.78 is 0. The summed E-state index contributed by atoms with van der Waals surface area (Å²) in [5, 5.41) is 20.8. The average Bonchev–Trinajstić information content (AvgIpc) is 2.74. The Morgan fingerprint density at radius 3 is 2.44 bits per heavy atom. The average molecular weight is 257 g/mol. The van der Waals surface area contributed by atoms with Gasteiger partial charge in [-0.05, 0) is 24.7 Å². The summed E-state index contributed by atoms with van der Waals surface area (Å²) in [4.78, 5) is 23.0. The number of amides is 1. The van der Waals surface area contributed by atoms with Crippen LogP contribution in [0.3, 0.4) is 0 Å². The molecule has 0 spiro atoms. The first-order chi connectivity index (χ1) is 8.37. The van der Waals surface area contributed by atoms with Crippen LogP contribution in [0, 0.1) is 17.3 Å². The highest BCUT2D eigenvalue weighted by atomic mass is 16.4. The van der Waals surface area contributed by atoms with E-state index in [2.05, 4.69) is 5.32 Å². The van der Waals surface area contributed by atoms with Gasteiger partial charge in [0.25, 0.3) is 0 Å². The second kappa shape index (κ2) is 6.18. The highest BCUT2D eigenvalue weighted by Crippen LogP contribution is 2.32. The SMILES string of the molecule is CC(C)(CCO)CNC(=O)C1CCCC1C(=O)O. The number of carboxylic acid groups (broad SMARTS) is 1. The van der Waals surface area contributed by atoms with Crippen LogP contribution in [0.1, 0.15) is 39.5 Å². The van der Waals surface area contributed by atoms with Crippen LogP contribution in [-0.4, -0.2) is 35.2 Å². The van der Waals surface area contributed by atoms with Crippen LogP contribution in [0.15, 0.2) is 0 Å². The molecule has 2 unspecified atom stereocenters. The first-order valence-electron chi connectivity index (χ1n) is 6.49. The van der Waals surface area contributed by atoms with Crippen LogP contribution < -0.4 is 5.32 Å². The largest absolute Gasteiger partial charge is 0.481 e. The smallest absolute Gasteiger partial charge is 0.307 e. The molecule has 1 aliphatic rings. The maximum absolute atomic E-state index is 12.0. The minimum Gasteiger partial charge on any atom is -0.481 e. The number of carbonyl (C=O) groups is 2. The minimum atomic E-state index is -0.873. The van der Waals surface area contributed by atoms with E-state index in [1.54, 1.807) is 0 Å². The van der Waals surface area contributed by atoms with Crippen molar-refractivity contribution in [3.8, 4) is 0 Å². The van der Waals surface area contributed by atoms with Gasteiger partial charge >= 0.3 is 5.97 Å². The Bertz CT molecular complexity index is 314. The molecule has 5 nitrogen and oxygen atoms in total. The zero-order chi connectivity index (χ0) is 13.8. The molecule has 1 amide bonds. The zero-order valence-corrected chi connectivity index (χ0v) is 11.1. The molecule has 104 valence electrons. The lowest BCUT2D eigenvalue weighted by molar-refractivity contribution is -0.146. The summed E-state index contributed by atoms with van der Waals surface area (Å²) >= 11 is 0. The third-order valence-electron chi connectivity index (χ3n) is 3.70. The lowest BCUT2D eigenvalue weighted by Crippen LogP contribution is -2.40. The molecular formula is C13H23NO4. The van der Waals surface area contributed by atoms with Gasteiger partial charge in [0.1, 0.15) is 0 Å². The first kappa shape index (κ1) is 15.0. The van der Waals surface area contributed by atoms with Crippen molar-refractivity contribution in [3.05, 3.63) is 0 Å². The maximum Gasteiger partial charge on any atom is 0.307 e. The third kappa shape index (κ3) is 3.98. The van der Waals surface area contributed by atoms with Crippen molar-refractivity contribution in [1.82, 2.24) is 5.32 Å². The summed E-state index contributed by atoms with van der Waals surface area (Å²) in [6.45, 7) is 4.49. The van der Waals surface area contributed by atoms with E-state index in [0.717, 1.165) is 6.42 Å². The summed E-state index contributed by atoms with van der Waals surface area (Å²) in [5.74, 6) is -1.97. The van der Waals surface area contributed by atoms with Gasteiger partial charge in [-0.3, -0.25) is 9.59 Å². The number of aliphatic hydroxyl groups is 1. The van der Waals surface area contributed by atoms with Gasteiger partial charge in [-0.25, -0.2) is 0 Å². The van der Waals surface area contributed by atoms with Gasteiger partial charge in [0.05, 0.1) is 11.8 Å². The number of aliphatic carboxylic acids is 1. The number of hydrogen-bond donors (Lipinski definition) is 3. The van der Waals surface area contributed by atoms with Crippen molar-refractivity contribution in [1.29, 1.82) is 0 Å². The Labute approximate surface area is 108 Å². The monoisotopic (exact) mass is 257 g/mol. The summed E-state index contributed by atoms with van der Waals surface area (Å²) in [7, 11) is 0. The Morgan fingerprint density at radius 1 is 1.28 bits per heavy atom. The van der Waals surface area contributed by atoms with Crippen molar-refractivity contribution >= 4 is 11.9 Å². The van der Waals surface area contributed by atoms with E-state index < -0.39 is 17.8 Å². The van der Waals surface area contributed by atoms with Gasteiger partial charge in [-0.1, -0.05) is 20.3 Å². The number of rotatable bonds is 6. The molecule has 1 rings (SSSR count). The van der Waals surface area contributed by atoms with Crippen molar-refractivity contribution in [2.75, 3.05) is 13.2 Å². The lowest BCUT2D eigenvalue weighted by Gasteiger charge is -2.25. The second-order valence-corrected chi connectivity index (χ2v) is 5.84. The first-order valence-corrected chi connectivity index (χ1v) is 6.49. The fourth-order valence-corrected chi connectivity index (χ4v) is 2.42. The molecule has 0 radical (unpaired) electrons. The molecule has 1 aliphatic carbocycles. The van der Waals surface area contributed by atoms with Gasteiger partial charge in [-0.2, -0.15) is 0 Å². The Morgan fingerprint density at radius 2 is 1.89 bits per heavy atom. The van der Waals surface area contributed by atoms with E-state index in [4.69, 9.17) is 10.2 Å². The molecule has 1 saturated carbocycles. The summed E-state index contributed by atoms with van der Waals surface area (Å²) in [6, 6.07) is 0. The summed E-state index contributed by atoms with van der Waals surface area (Å²) in [6.07, 6.45) is 2.66. The van der Waals surface area contributed by atoms with E-state index in [0.29, 0.717) is 25.8 Å². The van der Waals surface area contributed by atoms with Gasteiger partial charge in [-0.15, -0.1) is 0 Å². The zero-order valence-electron chi connectivity index (χ0n) is 11.1. The van der Waals surface area contributed by atoms with E-state index >= 15 is 0 Å². The topological polar surface area (TPSA) is 86.6 Å². The quantitative estimate of drug-likeness (QED) is 0.663. The molecule has 5 heteroatoms. The molecule has 0 heterocycles. The van der Waals surface area contributed by atoms with E-state index in [9.17, 15) is 9.59 Å². The van der Waals surface area contributed by atoms with E-state index in [1.807, 2.05) is 13.8 Å². The predicted octanol–water partition coefficient (Wildman–Crippen LogP) is 1.01. The van der Waals surface area contributed by atoms with Crippen molar-refractivity contribution in [2.24, 2.45) is 17.3 Å². The van der Waals surface area contributed by atoms with E-state index in [1.165, 1.54) is 0 Å². The normalized spacial score (nSPS) is 23.9. The minimum absolute atomic E-state index is 0.0874. The molecular weight excluding hydrogens is 234 g/mol. The molecule has 0 aromatic rings. The molecule has 3 N–H and O–H groups in total. The molecule has 18 heavy (non-hydrogen) atoms. The number of carbonyl (C=O) groups excluding carboxylic acids is 1. The van der Waals surface area contributed by atoms with Crippen LogP contribution in [0.2, 0.25) is 0 Å². The predicted molar refractivity (Wildman–Crippen MR) is 67.0 cm³/mol. The van der Waals surface area contributed by atoms with Crippen LogP contribution in [0.5, 0.6) is 0 Å². The number of hydrogen-bond acceptors (Lipinski definition) is 3. The molecule has 1 fully saturated rings. The van der Waals surface area contributed by atoms with E-state index in [-0.39, 0.29) is 17.9 Å². The Kier molecular flexibility index (Phi) is 5.14. The van der Waals surface area contributed by atoms with Crippen molar-refractivity contribution in [3.63, 3.8) is 0 Å². The maximum atomic E-state index is 12.0. The molecule has 0 aromatic carbocycles. The number of carboxylic acids is 1. The molecule has 2 atom stereocenters. The van der Waals surface area contributed by atoms with Crippen LogP contribution in [0.25, 0.3) is 0 Å². The molecule has 0 aromatic heterocycles.